The molecule has 20 heavy (non-hydrogen) atoms. The summed E-state index contributed by atoms with van der Waals surface area (Å²) < 4.78 is 12.7. The highest BCUT2D eigenvalue weighted by atomic mass is 16.5. The highest BCUT2D eigenvalue weighted by Gasteiger charge is 2.23. The van der Waals surface area contributed by atoms with Crippen molar-refractivity contribution in [2.24, 2.45) is 0 Å². The molecule has 3 aromatic heterocycles. The van der Waals surface area contributed by atoms with Crippen LogP contribution >= 0.6 is 0 Å². The molecule has 1 aliphatic rings. The molecule has 4 rings (SSSR count). The first kappa shape index (κ1) is 11.6. The number of hydrogen-bond donors (Lipinski definition) is 0. The Balaban J connectivity index is 1.71. The van der Waals surface area contributed by atoms with Crippen LogP contribution in [-0.4, -0.2) is 32.7 Å². The summed E-state index contributed by atoms with van der Waals surface area (Å²) in [4.78, 5) is 8.88. The summed E-state index contributed by atoms with van der Waals surface area (Å²) in [6.07, 6.45) is 4.89. The Kier molecular flexibility index (Phi) is 2.56. The van der Waals surface area contributed by atoms with E-state index in [1.54, 1.807) is 0 Å². The lowest BCUT2D eigenvalue weighted by molar-refractivity contribution is 0.192. The molecule has 0 amide bonds. The second-order valence-corrected chi connectivity index (χ2v) is 5.08. The Morgan fingerprint density at radius 3 is 3.05 bits per heavy atom. The number of ether oxygens (including phenoxy) is 1. The van der Waals surface area contributed by atoms with Crippen LogP contribution in [0, 0.1) is 6.92 Å². The summed E-state index contributed by atoms with van der Waals surface area (Å²) in [5, 5.41) is 4.07. The van der Waals surface area contributed by atoms with Crippen molar-refractivity contribution in [1.82, 2.24) is 19.5 Å². The minimum atomic E-state index is 0.256. The lowest BCUT2D eigenvalue weighted by Crippen LogP contribution is -1.99. The van der Waals surface area contributed by atoms with Crippen LogP contribution in [0.2, 0.25) is 0 Å². The van der Waals surface area contributed by atoms with E-state index in [4.69, 9.17) is 9.26 Å². The third-order valence-electron chi connectivity index (χ3n) is 3.56. The normalized spacial score (nSPS) is 18.9. The Labute approximate surface area is 115 Å². The van der Waals surface area contributed by atoms with Crippen molar-refractivity contribution < 1.29 is 9.26 Å². The Hall–Kier alpha value is -2.21. The highest BCUT2D eigenvalue weighted by molar-refractivity contribution is 5.56. The smallest absolute Gasteiger partial charge is 0.259 e. The van der Waals surface area contributed by atoms with E-state index in [-0.39, 0.29) is 5.92 Å². The van der Waals surface area contributed by atoms with Gasteiger partial charge < -0.3 is 13.7 Å². The fourth-order valence-corrected chi connectivity index (χ4v) is 2.50. The lowest BCUT2D eigenvalue weighted by atomic mass is 10.1. The van der Waals surface area contributed by atoms with Crippen LogP contribution in [0.15, 0.2) is 29.0 Å². The Bertz CT molecular complexity index is 755. The molecule has 0 spiro atoms. The van der Waals surface area contributed by atoms with Crippen LogP contribution in [0.5, 0.6) is 0 Å². The van der Waals surface area contributed by atoms with E-state index >= 15 is 0 Å². The predicted octanol–water partition coefficient (Wildman–Crippen LogP) is 2.20. The first-order valence-electron chi connectivity index (χ1n) is 6.67. The molecule has 102 valence electrons. The fraction of sp³-hybridized carbons (Fsp3) is 0.357. The van der Waals surface area contributed by atoms with Gasteiger partial charge in [0, 0.05) is 24.9 Å². The zero-order valence-corrected chi connectivity index (χ0v) is 11.1. The number of nitrogens with zero attached hydrogens (tertiary/aromatic N) is 4. The average Bonchev–Trinajstić information content (AvgIpc) is 3.17. The molecule has 0 aromatic carbocycles. The number of aromatic nitrogens is 4. The number of pyridine rings is 1. The summed E-state index contributed by atoms with van der Waals surface area (Å²) in [6, 6.07) is 3.90. The molecule has 0 radical (unpaired) electrons. The van der Waals surface area contributed by atoms with Crippen molar-refractivity contribution in [2.75, 3.05) is 13.2 Å². The number of imidazole rings is 1. The van der Waals surface area contributed by atoms with Gasteiger partial charge in [-0.2, -0.15) is 4.98 Å². The number of hydrogen-bond acceptors (Lipinski definition) is 5. The third-order valence-corrected chi connectivity index (χ3v) is 3.56. The van der Waals surface area contributed by atoms with Crippen molar-refractivity contribution in [1.29, 1.82) is 0 Å². The molecule has 3 aromatic rings. The van der Waals surface area contributed by atoms with E-state index in [9.17, 15) is 0 Å². The summed E-state index contributed by atoms with van der Waals surface area (Å²) in [7, 11) is 0. The molecule has 0 N–H and O–H groups in total. The van der Waals surface area contributed by atoms with Gasteiger partial charge in [0.1, 0.15) is 5.65 Å². The highest BCUT2D eigenvalue weighted by Crippen LogP contribution is 2.25. The number of fused-ring (bicyclic) bond motifs is 1. The number of rotatable bonds is 2. The van der Waals surface area contributed by atoms with Crippen LogP contribution < -0.4 is 0 Å². The average molecular weight is 270 g/mol. The monoisotopic (exact) mass is 270 g/mol. The maximum atomic E-state index is 5.37. The molecule has 4 heterocycles. The van der Waals surface area contributed by atoms with E-state index in [0.717, 1.165) is 35.8 Å². The molecule has 1 fully saturated rings. The fourth-order valence-electron chi connectivity index (χ4n) is 2.50. The standard InChI is InChI=1S/C14H14N4O2/c1-9-6-18-7-10(2-3-12(18)15-9)14-16-13(17-20-14)11-4-5-19-8-11/h2-3,6-7,11H,4-5,8H2,1H3. The minimum Gasteiger partial charge on any atom is -0.381 e. The van der Waals surface area contributed by atoms with Crippen molar-refractivity contribution in [3.63, 3.8) is 0 Å². The molecule has 6 heteroatoms. The molecular formula is C14H14N4O2. The molecule has 1 atom stereocenters. The van der Waals surface area contributed by atoms with Crippen LogP contribution in [0.4, 0.5) is 0 Å². The molecule has 1 unspecified atom stereocenters. The molecule has 0 bridgehead atoms. The quantitative estimate of drug-likeness (QED) is 0.714. The summed E-state index contributed by atoms with van der Waals surface area (Å²) in [5.74, 6) is 1.53. The lowest BCUT2D eigenvalue weighted by Gasteiger charge is -1.98. The summed E-state index contributed by atoms with van der Waals surface area (Å²) in [5.41, 5.74) is 2.79. The first-order chi connectivity index (χ1) is 9.79. The van der Waals surface area contributed by atoms with Crippen molar-refractivity contribution in [3.8, 4) is 11.5 Å². The number of aryl methyl sites for hydroxylation is 1. The molecule has 6 nitrogen and oxygen atoms in total. The van der Waals surface area contributed by atoms with E-state index in [1.165, 1.54) is 0 Å². The van der Waals surface area contributed by atoms with Crippen molar-refractivity contribution in [2.45, 2.75) is 19.3 Å². The van der Waals surface area contributed by atoms with Gasteiger partial charge in [0.15, 0.2) is 5.82 Å². The topological polar surface area (TPSA) is 65.5 Å². The van der Waals surface area contributed by atoms with Crippen LogP contribution in [-0.2, 0) is 4.74 Å². The summed E-state index contributed by atoms with van der Waals surface area (Å²) in [6.45, 7) is 3.42. The zero-order valence-electron chi connectivity index (χ0n) is 11.1. The predicted molar refractivity (Wildman–Crippen MR) is 71.4 cm³/mol. The largest absolute Gasteiger partial charge is 0.381 e. The van der Waals surface area contributed by atoms with Gasteiger partial charge >= 0.3 is 0 Å². The van der Waals surface area contributed by atoms with Gasteiger partial charge in [0.25, 0.3) is 5.89 Å². The van der Waals surface area contributed by atoms with Gasteiger partial charge in [-0.1, -0.05) is 5.16 Å². The zero-order chi connectivity index (χ0) is 13.5. The Morgan fingerprint density at radius 2 is 2.20 bits per heavy atom. The first-order valence-corrected chi connectivity index (χ1v) is 6.67. The summed E-state index contributed by atoms with van der Waals surface area (Å²) >= 11 is 0. The van der Waals surface area contributed by atoms with E-state index in [2.05, 4.69) is 15.1 Å². The second-order valence-electron chi connectivity index (χ2n) is 5.08. The van der Waals surface area contributed by atoms with Crippen LogP contribution in [0.3, 0.4) is 0 Å². The van der Waals surface area contributed by atoms with Gasteiger partial charge in [0.05, 0.1) is 17.9 Å². The van der Waals surface area contributed by atoms with Gasteiger partial charge in [-0.05, 0) is 25.5 Å². The molecule has 1 saturated heterocycles. The Morgan fingerprint density at radius 1 is 1.25 bits per heavy atom. The van der Waals surface area contributed by atoms with Gasteiger partial charge in [0.2, 0.25) is 0 Å². The van der Waals surface area contributed by atoms with Crippen LogP contribution in [0.1, 0.15) is 23.9 Å². The maximum Gasteiger partial charge on any atom is 0.259 e. The van der Waals surface area contributed by atoms with Crippen molar-refractivity contribution in [3.05, 3.63) is 36.0 Å². The van der Waals surface area contributed by atoms with Crippen LogP contribution in [0.25, 0.3) is 17.1 Å². The molecule has 0 aliphatic carbocycles. The molecule has 0 saturated carbocycles. The van der Waals surface area contributed by atoms with Gasteiger partial charge in [-0.25, -0.2) is 4.98 Å². The van der Waals surface area contributed by atoms with E-state index in [0.29, 0.717) is 12.5 Å². The second kappa shape index (κ2) is 4.42. The third kappa shape index (κ3) is 1.89. The molecule has 1 aliphatic heterocycles. The van der Waals surface area contributed by atoms with Gasteiger partial charge in [-0.3, -0.25) is 0 Å². The SMILES string of the molecule is Cc1cn2cc(-c3nc(C4CCOC4)no3)ccc2n1. The molecular weight excluding hydrogens is 256 g/mol. The van der Waals surface area contributed by atoms with E-state index in [1.807, 2.05) is 35.9 Å². The minimum absolute atomic E-state index is 0.256. The van der Waals surface area contributed by atoms with Gasteiger partial charge in [-0.15, -0.1) is 0 Å². The maximum absolute atomic E-state index is 5.37. The van der Waals surface area contributed by atoms with E-state index < -0.39 is 0 Å². The van der Waals surface area contributed by atoms with Crippen molar-refractivity contribution >= 4 is 5.65 Å².